The predicted molar refractivity (Wildman–Crippen MR) is 101 cm³/mol. The highest BCUT2D eigenvalue weighted by Gasteiger charge is 2.38. The van der Waals surface area contributed by atoms with Crippen molar-refractivity contribution in [3.63, 3.8) is 0 Å². The molecule has 5 nitrogen and oxygen atoms in total. The number of carbonyl (C=O) groups excluding carboxylic acids is 1. The second-order valence-corrected chi connectivity index (χ2v) is 7.01. The minimum absolute atomic E-state index is 0.195. The molecule has 0 bridgehead atoms. The quantitative estimate of drug-likeness (QED) is 0.773. The zero-order chi connectivity index (χ0) is 18.9. The van der Waals surface area contributed by atoms with E-state index in [9.17, 15) is 14.0 Å². The van der Waals surface area contributed by atoms with Gasteiger partial charge in [0, 0.05) is 10.9 Å². The first-order valence-electron chi connectivity index (χ1n) is 9.10. The average molecular weight is 365 g/mol. The first-order valence-corrected chi connectivity index (χ1v) is 9.10. The zero-order valence-electron chi connectivity index (χ0n) is 14.8. The minimum Gasteiger partial charge on any atom is -0.345 e. The Balaban J connectivity index is 1.61. The van der Waals surface area contributed by atoms with Gasteiger partial charge < -0.3 is 5.32 Å². The molecule has 1 aromatic heterocycles. The Bertz CT molecular complexity index is 1050. The van der Waals surface area contributed by atoms with E-state index in [-0.39, 0.29) is 23.8 Å². The topological polar surface area (TPSA) is 64.0 Å². The molecule has 1 amide bonds. The fourth-order valence-electron chi connectivity index (χ4n) is 3.97. The Hall–Kier alpha value is -3.02. The molecule has 0 radical (unpaired) electrons. The molecule has 1 saturated carbocycles. The molecule has 2 aromatic carbocycles. The van der Waals surface area contributed by atoms with Gasteiger partial charge >= 0.3 is 0 Å². The van der Waals surface area contributed by atoms with Crippen molar-refractivity contribution in [2.24, 2.45) is 0 Å². The van der Waals surface area contributed by atoms with Gasteiger partial charge in [0.05, 0.1) is 17.1 Å². The van der Waals surface area contributed by atoms with Crippen LogP contribution in [-0.2, 0) is 16.9 Å². The van der Waals surface area contributed by atoms with Gasteiger partial charge in [-0.25, -0.2) is 9.07 Å². The number of fused-ring (bicyclic) bond motifs is 1. The number of carbonyl (C=O) groups is 1. The molecule has 4 rings (SSSR count). The van der Waals surface area contributed by atoms with Crippen LogP contribution in [0.5, 0.6) is 0 Å². The van der Waals surface area contributed by atoms with Gasteiger partial charge in [-0.3, -0.25) is 9.59 Å². The van der Waals surface area contributed by atoms with Crippen LogP contribution in [0.25, 0.3) is 10.8 Å². The molecule has 1 aliphatic carbocycles. The Labute approximate surface area is 155 Å². The molecule has 0 unspecified atom stereocenters. The summed E-state index contributed by atoms with van der Waals surface area (Å²) in [6.07, 6.45) is 4.78. The zero-order valence-corrected chi connectivity index (χ0v) is 14.8. The van der Waals surface area contributed by atoms with Gasteiger partial charge in [0.2, 0.25) is 5.91 Å². The molecule has 138 valence electrons. The van der Waals surface area contributed by atoms with Gasteiger partial charge in [-0.2, -0.15) is 5.10 Å². The molecule has 0 saturated heterocycles. The number of nitrogens with one attached hydrogen (secondary N) is 1. The second kappa shape index (κ2) is 6.95. The number of hydrogen-bond acceptors (Lipinski definition) is 3. The van der Waals surface area contributed by atoms with Crippen molar-refractivity contribution >= 4 is 16.7 Å². The molecule has 0 atom stereocenters. The summed E-state index contributed by atoms with van der Waals surface area (Å²) in [4.78, 5) is 25.3. The Morgan fingerprint density at radius 1 is 1.11 bits per heavy atom. The first kappa shape index (κ1) is 17.4. The van der Waals surface area contributed by atoms with Crippen LogP contribution >= 0.6 is 0 Å². The number of halogens is 1. The summed E-state index contributed by atoms with van der Waals surface area (Å²) >= 11 is 0. The summed E-state index contributed by atoms with van der Waals surface area (Å²) in [5.74, 6) is -0.661. The largest absolute Gasteiger partial charge is 0.345 e. The second-order valence-electron chi connectivity index (χ2n) is 7.01. The number of benzene rings is 2. The maximum atomic E-state index is 14.4. The molecule has 6 heteroatoms. The molecular formula is C21H20FN3O2. The van der Waals surface area contributed by atoms with Crippen molar-refractivity contribution in [1.82, 2.24) is 15.1 Å². The fraction of sp³-hybridized carbons (Fsp3) is 0.286. The van der Waals surface area contributed by atoms with Crippen LogP contribution in [0.2, 0.25) is 0 Å². The van der Waals surface area contributed by atoms with E-state index in [1.807, 2.05) is 6.07 Å². The normalized spacial score (nSPS) is 15.7. The lowest BCUT2D eigenvalue weighted by molar-refractivity contribution is -0.124. The lowest BCUT2D eigenvalue weighted by atomic mass is 9.87. The molecule has 1 heterocycles. The van der Waals surface area contributed by atoms with E-state index in [0.29, 0.717) is 23.8 Å². The van der Waals surface area contributed by atoms with Gasteiger partial charge in [-0.1, -0.05) is 49.2 Å². The van der Waals surface area contributed by atoms with Crippen molar-refractivity contribution in [3.05, 3.63) is 76.5 Å². The third-order valence-electron chi connectivity index (χ3n) is 5.28. The van der Waals surface area contributed by atoms with Crippen LogP contribution in [0, 0.1) is 5.82 Å². The summed E-state index contributed by atoms with van der Waals surface area (Å²) in [5, 5.41) is 8.35. The van der Waals surface area contributed by atoms with Gasteiger partial charge in [0.15, 0.2) is 0 Å². The SMILES string of the molecule is O=C(Cn1ncc2ccccc2c1=O)NC1(c2ccccc2F)CCCC1. The highest BCUT2D eigenvalue weighted by Crippen LogP contribution is 2.39. The van der Waals surface area contributed by atoms with Crippen molar-refractivity contribution in [1.29, 1.82) is 0 Å². The fourth-order valence-corrected chi connectivity index (χ4v) is 3.97. The van der Waals surface area contributed by atoms with E-state index in [1.165, 1.54) is 6.07 Å². The summed E-state index contributed by atoms with van der Waals surface area (Å²) in [6.45, 7) is -0.195. The lowest BCUT2D eigenvalue weighted by Crippen LogP contribution is -2.46. The summed E-state index contributed by atoms with van der Waals surface area (Å²) < 4.78 is 15.5. The monoisotopic (exact) mass is 365 g/mol. The van der Waals surface area contributed by atoms with Crippen LogP contribution in [0.1, 0.15) is 31.2 Å². The molecule has 1 fully saturated rings. The van der Waals surface area contributed by atoms with Crippen molar-refractivity contribution in [2.75, 3.05) is 0 Å². The minimum atomic E-state index is -0.719. The predicted octanol–water partition coefficient (Wildman–Crippen LogP) is 3.12. The molecular weight excluding hydrogens is 345 g/mol. The van der Waals surface area contributed by atoms with Crippen LogP contribution in [0.4, 0.5) is 4.39 Å². The smallest absolute Gasteiger partial charge is 0.275 e. The standard InChI is InChI=1S/C21H20FN3O2/c22-18-10-4-3-9-17(18)21(11-5-6-12-21)24-19(26)14-25-20(27)16-8-2-1-7-15(16)13-23-25/h1-4,7-10,13H,5-6,11-12,14H2,(H,24,26). The lowest BCUT2D eigenvalue weighted by Gasteiger charge is -2.31. The van der Waals surface area contributed by atoms with Crippen LogP contribution in [0.3, 0.4) is 0 Å². The first-order chi connectivity index (χ1) is 13.1. The van der Waals surface area contributed by atoms with Crippen molar-refractivity contribution < 1.29 is 9.18 Å². The van der Waals surface area contributed by atoms with Crippen molar-refractivity contribution in [2.45, 2.75) is 37.8 Å². The van der Waals surface area contributed by atoms with Gasteiger partial charge in [-0.05, 0) is 25.0 Å². The van der Waals surface area contributed by atoms with Crippen LogP contribution < -0.4 is 10.9 Å². The van der Waals surface area contributed by atoms with E-state index in [1.54, 1.807) is 42.6 Å². The molecule has 27 heavy (non-hydrogen) atoms. The van der Waals surface area contributed by atoms with E-state index < -0.39 is 5.54 Å². The molecule has 0 aliphatic heterocycles. The number of aromatic nitrogens is 2. The molecule has 0 spiro atoms. The van der Waals surface area contributed by atoms with E-state index in [2.05, 4.69) is 10.4 Å². The van der Waals surface area contributed by atoms with Crippen LogP contribution in [0.15, 0.2) is 59.5 Å². The van der Waals surface area contributed by atoms with Gasteiger partial charge in [0.1, 0.15) is 12.4 Å². The number of rotatable bonds is 4. The molecule has 3 aromatic rings. The number of amides is 1. The van der Waals surface area contributed by atoms with Gasteiger partial charge in [-0.15, -0.1) is 0 Å². The third-order valence-corrected chi connectivity index (χ3v) is 5.28. The Morgan fingerprint density at radius 2 is 1.81 bits per heavy atom. The Morgan fingerprint density at radius 3 is 2.59 bits per heavy atom. The highest BCUT2D eigenvalue weighted by molar-refractivity contribution is 5.81. The van der Waals surface area contributed by atoms with Crippen molar-refractivity contribution in [3.8, 4) is 0 Å². The highest BCUT2D eigenvalue weighted by atomic mass is 19.1. The third kappa shape index (κ3) is 3.23. The maximum Gasteiger partial charge on any atom is 0.275 e. The summed E-state index contributed by atoms with van der Waals surface area (Å²) in [6, 6.07) is 13.7. The van der Waals surface area contributed by atoms with Gasteiger partial charge in [0.25, 0.3) is 5.56 Å². The van der Waals surface area contributed by atoms with E-state index in [4.69, 9.17) is 0 Å². The maximum absolute atomic E-state index is 14.4. The number of hydrogen-bond donors (Lipinski definition) is 1. The molecule has 1 aliphatic rings. The van der Waals surface area contributed by atoms with E-state index in [0.717, 1.165) is 22.9 Å². The van der Waals surface area contributed by atoms with E-state index >= 15 is 0 Å². The summed E-state index contributed by atoms with van der Waals surface area (Å²) in [7, 11) is 0. The van der Waals surface area contributed by atoms with Crippen LogP contribution in [-0.4, -0.2) is 15.7 Å². The Kier molecular flexibility index (Phi) is 4.48. The molecule has 1 N–H and O–H groups in total. The number of nitrogens with zero attached hydrogens (tertiary/aromatic N) is 2. The summed E-state index contributed by atoms with van der Waals surface area (Å²) in [5.41, 5.74) is -0.521. The average Bonchev–Trinajstić information content (AvgIpc) is 3.14.